The van der Waals surface area contributed by atoms with Gasteiger partial charge in [0.25, 0.3) is 5.91 Å². The van der Waals surface area contributed by atoms with Crippen LogP contribution in [0.5, 0.6) is 0 Å². The van der Waals surface area contributed by atoms with Gasteiger partial charge < -0.3 is 14.7 Å². The Balaban J connectivity index is 1.69. The number of urea groups is 1. The molecule has 1 aromatic heterocycles. The SMILES string of the molecule is Cc1cc(C(=O)N2CCC(N3C(=O)CNC3=O)C2)no1. The van der Waals surface area contributed by atoms with E-state index in [0.29, 0.717) is 25.3 Å². The zero-order valence-corrected chi connectivity index (χ0v) is 11.0. The molecule has 3 heterocycles. The summed E-state index contributed by atoms with van der Waals surface area (Å²) in [6, 6.07) is 0.928. The highest BCUT2D eigenvalue weighted by molar-refractivity contribution is 6.02. The predicted octanol–water partition coefficient (Wildman–Crippen LogP) is -0.251. The van der Waals surface area contributed by atoms with E-state index in [9.17, 15) is 14.4 Å². The van der Waals surface area contributed by atoms with Gasteiger partial charge in [0.1, 0.15) is 5.76 Å². The van der Waals surface area contributed by atoms with Crippen molar-refractivity contribution >= 4 is 17.8 Å². The van der Waals surface area contributed by atoms with Crippen molar-refractivity contribution in [3.05, 3.63) is 17.5 Å². The number of hydrogen-bond donors (Lipinski definition) is 1. The highest BCUT2D eigenvalue weighted by atomic mass is 16.5. The van der Waals surface area contributed by atoms with Gasteiger partial charge in [0.15, 0.2) is 5.69 Å². The molecule has 0 radical (unpaired) electrons. The molecule has 0 aliphatic carbocycles. The molecule has 3 rings (SSSR count). The van der Waals surface area contributed by atoms with Crippen LogP contribution in [-0.4, -0.2) is 58.5 Å². The van der Waals surface area contributed by atoms with E-state index in [1.165, 1.54) is 4.90 Å². The van der Waals surface area contributed by atoms with E-state index in [1.54, 1.807) is 17.9 Å². The molecule has 0 saturated carbocycles. The van der Waals surface area contributed by atoms with Gasteiger partial charge in [-0.05, 0) is 13.3 Å². The standard InChI is InChI=1S/C12H14N4O4/c1-7-4-9(14-20-7)11(18)15-3-2-8(6-15)16-10(17)5-13-12(16)19/h4,8H,2-3,5-6H2,1H3,(H,13,19). The first-order valence-electron chi connectivity index (χ1n) is 6.39. The van der Waals surface area contributed by atoms with E-state index in [0.717, 1.165) is 0 Å². The van der Waals surface area contributed by atoms with Crippen LogP contribution in [0.1, 0.15) is 22.7 Å². The summed E-state index contributed by atoms with van der Waals surface area (Å²) in [5, 5.41) is 6.17. The number of imide groups is 1. The third-order valence-corrected chi connectivity index (χ3v) is 3.54. The summed E-state index contributed by atoms with van der Waals surface area (Å²) >= 11 is 0. The number of carbonyl (C=O) groups excluding carboxylic acids is 3. The van der Waals surface area contributed by atoms with Crippen LogP contribution in [0.4, 0.5) is 4.79 Å². The van der Waals surface area contributed by atoms with E-state index >= 15 is 0 Å². The Morgan fingerprint density at radius 1 is 1.50 bits per heavy atom. The number of likely N-dealkylation sites (tertiary alicyclic amines) is 1. The number of aryl methyl sites for hydroxylation is 1. The van der Waals surface area contributed by atoms with Crippen molar-refractivity contribution in [3.8, 4) is 0 Å². The number of carbonyl (C=O) groups is 3. The monoisotopic (exact) mass is 278 g/mol. The minimum atomic E-state index is -0.383. The lowest BCUT2D eigenvalue weighted by atomic mass is 10.2. The molecule has 20 heavy (non-hydrogen) atoms. The highest BCUT2D eigenvalue weighted by Crippen LogP contribution is 2.20. The van der Waals surface area contributed by atoms with Crippen LogP contribution in [0.3, 0.4) is 0 Å². The van der Waals surface area contributed by atoms with Gasteiger partial charge in [0.05, 0.1) is 12.6 Å². The van der Waals surface area contributed by atoms with Crippen LogP contribution in [0.15, 0.2) is 10.6 Å². The molecule has 106 valence electrons. The molecule has 0 spiro atoms. The number of hydrogen-bond acceptors (Lipinski definition) is 5. The fourth-order valence-electron chi connectivity index (χ4n) is 2.57. The average molecular weight is 278 g/mol. The van der Waals surface area contributed by atoms with Crippen LogP contribution in [0.25, 0.3) is 0 Å². The first kappa shape index (κ1) is 12.6. The Bertz CT molecular complexity index is 566. The molecule has 0 bridgehead atoms. The summed E-state index contributed by atoms with van der Waals surface area (Å²) in [6.45, 7) is 2.58. The van der Waals surface area contributed by atoms with E-state index in [2.05, 4.69) is 10.5 Å². The summed E-state index contributed by atoms with van der Waals surface area (Å²) in [4.78, 5) is 38.2. The van der Waals surface area contributed by atoms with Crippen LogP contribution >= 0.6 is 0 Å². The summed E-state index contributed by atoms with van der Waals surface area (Å²) in [5.41, 5.74) is 0.250. The Hall–Kier alpha value is -2.38. The van der Waals surface area contributed by atoms with Gasteiger partial charge >= 0.3 is 6.03 Å². The van der Waals surface area contributed by atoms with Gasteiger partial charge in [0, 0.05) is 19.2 Å². The molecule has 1 atom stereocenters. The van der Waals surface area contributed by atoms with Gasteiger partial charge in [-0.15, -0.1) is 0 Å². The van der Waals surface area contributed by atoms with Crippen LogP contribution in [-0.2, 0) is 4.79 Å². The average Bonchev–Trinajstić information content (AvgIpc) is 3.10. The molecule has 4 amide bonds. The minimum absolute atomic E-state index is 0.0335. The Morgan fingerprint density at radius 2 is 2.30 bits per heavy atom. The van der Waals surface area contributed by atoms with Crippen LogP contribution in [0.2, 0.25) is 0 Å². The van der Waals surface area contributed by atoms with Gasteiger partial charge in [-0.1, -0.05) is 5.16 Å². The minimum Gasteiger partial charge on any atom is -0.361 e. The summed E-state index contributed by atoms with van der Waals surface area (Å²) in [5.74, 6) is 0.0844. The van der Waals surface area contributed by atoms with Crippen molar-refractivity contribution in [2.45, 2.75) is 19.4 Å². The molecular weight excluding hydrogens is 264 g/mol. The number of nitrogens with zero attached hydrogens (tertiary/aromatic N) is 3. The molecule has 8 heteroatoms. The summed E-state index contributed by atoms with van der Waals surface area (Å²) in [7, 11) is 0. The van der Waals surface area contributed by atoms with Crippen molar-refractivity contribution in [3.63, 3.8) is 0 Å². The summed E-state index contributed by atoms with van der Waals surface area (Å²) < 4.78 is 4.88. The van der Waals surface area contributed by atoms with Gasteiger partial charge in [-0.2, -0.15) is 0 Å². The second-order valence-electron chi connectivity index (χ2n) is 4.94. The molecule has 1 N–H and O–H groups in total. The van der Waals surface area contributed by atoms with Crippen LogP contribution in [0, 0.1) is 6.92 Å². The van der Waals surface area contributed by atoms with Gasteiger partial charge in [-0.25, -0.2) is 4.79 Å². The molecule has 1 unspecified atom stereocenters. The van der Waals surface area contributed by atoms with E-state index in [1.807, 2.05) is 0 Å². The van der Waals surface area contributed by atoms with Crippen molar-refractivity contribution in [1.82, 2.24) is 20.3 Å². The molecule has 8 nitrogen and oxygen atoms in total. The van der Waals surface area contributed by atoms with E-state index in [4.69, 9.17) is 4.52 Å². The number of amides is 4. The Kier molecular flexibility index (Phi) is 2.92. The number of nitrogens with one attached hydrogen (secondary N) is 1. The normalized spacial score (nSPS) is 22.6. The van der Waals surface area contributed by atoms with Gasteiger partial charge in [0.2, 0.25) is 5.91 Å². The van der Waals surface area contributed by atoms with Crippen molar-refractivity contribution in [2.75, 3.05) is 19.6 Å². The third-order valence-electron chi connectivity index (χ3n) is 3.54. The smallest absolute Gasteiger partial charge is 0.324 e. The lowest BCUT2D eigenvalue weighted by molar-refractivity contribution is -0.126. The van der Waals surface area contributed by atoms with Crippen molar-refractivity contribution in [1.29, 1.82) is 0 Å². The second kappa shape index (κ2) is 4.62. The van der Waals surface area contributed by atoms with E-state index < -0.39 is 0 Å². The molecule has 2 fully saturated rings. The molecule has 2 saturated heterocycles. The maximum Gasteiger partial charge on any atom is 0.324 e. The number of rotatable bonds is 2. The maximum atomic E-state index is 12.2. The third kappa shape index (κ3) is 2.02. The summed E-state index contributed by atoms with van der Waals surface area (Å²) in [6.07, 6.45) is 0.585. The van der Waals surface area contributed by atoms with Crippen LogP contribution < -0.4 is 5.32 Å². The number of aromatic nitrogens is 1. The molecule has 2 aliphatic heterocycles. The van der Waals surface area contributed by atoms with Crippen molar-refractivity contribution < 1.29 is 18.9 Å². The topological polar surface area (TPSA) is 95.8 Å². The molecular formula is C12H14N4O4. The fourth-order valence-corrected chi connectivity index (χ4v) is 2.57. The fraction of sp³-hybridized carbons (Fsp3) is 0.500. The van der Waals surface area contributed by atoms with Gasteiger partial charge in [-0.3, -0.25) is 14.5 Å². The highest BCUT2D eigenvalue weighted by Gasteiger charge is 2.40. The zero-order chi connectivity index (χ0) is 14.3. The lowest BCUT2D eigenvalue weighted by Crippen LogP contribution is -2.42. The Labute approximate surface area is 114 Å². The molecule has 1 aromatic rings. The quantitative estimate of drug-likeness (QED) is 0.752. The molecule has 0 aromatic carbocycles. The predicted molar refractivity (Wildman–Crippen MR) is 65.8 cm³/mol. The first-order valence-corrected chi connectivity index (χ1v) is 6.39. The zero-order valence-electron chi connectivity index (χ0n) is 11.0. The van der Waals surface area contributed by atoms with E-state index in [-0.39, 0.29) is 36.1 Å². The lowest BCUT2D eigenvalue weighted by Gasteiger charge is -2.21. The Morgan fingerprint density at radius 3 is 2.90 bits per heavy atom. The maximum absolute atomic E-state index is 12.2. The second-order valence-corrected chi connectivity index (χ2v) is 4.94. The van der Waals surface area contributed by atoms with Crippen molar-refractivity contribution in [2.24, 2.45) is 0 Å². The largest absolute Gasteiger partial charge is 0.361 e. The first-order chi connectivity index (χ1) is 9.56. The molecule has 2 aliphatic rings.